The van der Waals surface area contributed by atoms with E-state index >= 15 is 0 Å². The van der Waals surface area contributed by atoms with Gasteiger partial charge in [-0.3, -0.25) is 14.4 Å². The SMILES string of the molecule is C[C@H](Oc1nc2c(c(N3CCCn4nc(C(=O)N(C)C)cc4C3)n1)CO[C@]1(CCCc3ccc(N)c(C#N)c31)C2)[C@@H]1CCCN1C. The molecule has 46 heavy (non-hydrogen) atoms. The Morgan fingerprint density at radius 2 is 2.07 bits per heavy atom. The summed E-state index contributed by atoms with van der Waals surface area (Å²) in [6.07, 6.45) is 6.10. The van der Waals surface area contributed by atoms with Crippen LogP contribution in [-0.2, 0) is 42.9 Å². The fourth-order valence-electron chi connectivity index (χ4n) is 7.91. The molecule has 1 fully saturated rings. The van der Waals surface area contributed by atoms with Crippen molar-refractivity contribution in [3.63, 3.8) is 0 Å². The molecule has 1 amide bonds. The molecule has 12 nitrogen and oxygen atoms in total. The Kier molecular flexibility index (Phi) is 7.85. The van der Waals surface area contributed by atoms with Crippen LogP contribution in [0.2, 0.25) is 0 Å². The molecule has 242 valence electrons. The van der Waals surface area contributed by atoms with Gasteiger partial charge in [-0.2, -0.15) is 20.3 Å². The second-order valence-corrected chi connectivity index (χ2v) is 13.5. The van der Waals surface area contributed by atoms with Crippen molar-refractivity contribution in [3.8, 4) is 12.1 Å². The summed E-state index contributed by atoms with van der Waals surface area (Å²) >= 11 is 0. The van der Waals surface area contributed by atoms with Gasteiger partial charge in [0.25, 0.3) is 5.91 Å². The standard InChI is InChI=1S/C34H43N9O3/c1-21(29-9-6-13-41(29)4)46-33-37-28-17-34(12-5-8-22-10-11-26(36)24(18-35)30(22)34)45-20-25(28)31(38-33)42-14-7-15-43-23(19-42)16-27(39-43)32(44)40(2)3/h10-11,16,21,29H,5-9,12-15,17,19-20,36H2,1-4H3/t21-,29-,34+/m0/s1. The number of carbonyl (C=O) groups excluding carboxylic acids is 1. The lowest BCUT2D eigenvalue weighted by Gasteiger charge is -2.43. The summed E-state index contributed by atoms with van der Waals surface area (Å²) in [7, 11) is 5.62. The van der Waals surface area contributed by atoms with Gasteiger partial charge < -0.3 is 25.0 Å². The van der Waals surface area contributed by atoms with E-state index in [1.807, 2.05) is 22.9 Å². The minimum absolute atomic E-state index is 0.0854. The van der Waals surface area contributed by atoms with Crippen molar-refractivity contribution in [2.75, 3.05) is 44.9 Å². The van der Waals surface area contributed by atoms with E-state index in [1.165, 1.54) is 0 Å². The van der Waals surface area contributed by atoms with Crippen LogP contribution in [0.5, 0.6) is 6.01 Å². The van der Waals surface area contributed by atoms with E-state index in [4.69, 9.17) is 25.2 Å². The second kappa shape index (κ2) is 11.9. The number of rotatable bonds is 5. The maximum absolute atomic E-state index is 12.7. The molecule has 0 bridgehead atoms. The van der Waals surface area contributed by atoms with Crippen LogP contribution in [0.15, 0.2) is 18.2 Å². The third kappa shape index (κ3) is 5.25. The number of nitrogen functional groups attached to an aromatic ring is 1. The van der Waals surface area contributed by atoms with Crippen LogP contribution in [0.25, 0.3) is 0 Å². The maximum atomic E-state index is 12.7. The smallest absolute Gasteiger partial charge is 0.318 e. The van der Waals surface area contributed by atoms with Crippen LogP contribution in [0.3, 0.4) is 0 Å². The predicted molar refractivity (Wildman–Crippen MR) is 172 cm³/mol. The first-order valence-corrected chi connectivity index (χ1v) is 16.4. The van der Waals surface area contributed by atoms with Crippen LogP contribution >= 0.6 is 0 Å². The summed E-state index contributed by atoms with van der Waals surface area (Å²) < 4.78 is 15.3. The zero-order chi connectivity index (χ0) is 32.2. The van der Waals surface area contributed by atoms with Gasteiger partial charge >= 0.3 is 6.01 Å². The zero-order valence-corrected chi connectivity index (χ0v) is 27.3. The van der Waals surface area contributed by atoms with Crippen LogP contribution in [0, 0.1) is 11.3 Å². The van der Waals surface area contributed by atoms with Gasteiger partial charge in [-0.15, -0.1) is 0 Å². The van der Waals surface area contributed by atoms with Gasteiger partial charge in [-0.05, 0) is 76.7 Å². The zero-order valence-electron chi connectivity index (χ0n) is 27.3. The monoisotopic (exact) mass is 625 g/mol. The van der Waals surface area contributed by atoms with Gasteiger partial charge in [0, 0.05) is 56.5 Å². The average molecular weight is 626 g/mol. The fraction of sp³-hybridized carbons (Fsp3) is 0.559. The van der Waals surface area contributed by atoms with Gasteiger partial charge in [0.1, 0.15) is 23.6 Å². The molecule has 4 aliphatic rings. The van der Waals surface area contributed by atoms with Crippen LogP contribution in [0.4, 0.5) is 11.5 Å². The molecule has 12 heteroatoms. The van der Waals surface area contributed by atoms with Gasteiger partial charge in [0.15, 0.2) is 5.69 Å². The van der Waals surface area contributed by atoms with Gasteiger partial charge in [-0.1, -0.05) is 6.07 Å². The minimum atomic E-state index is -0.694. The summed E-state index contributed by atoms with van der Waals surface area (Å²) in [5.41, 5.74) is 11.9. The quantitative estimate of drug-likeness (QED) is 0.420. The van der Waals surface area contributed by atoms with Gasteiger partial charge in [-0.25, -0.2) is 0 Å². The van der Waals surface area contributed by atoms with E-state index in [0.717, 1.165) is 85.5 Å². The number of likely N-dealkylation sites (tertiary alicyclic amines) is 1. The average Bonchev–Trinajstić information content (AvgIpc) is 3.60. The van der Waals surface area contributed by atoms with Gasteiger partial charge in [0.05, 0.1) is 30.1 Å². The number of fused-ring (bicyclic) bond motifs is 4. The Balaban J connectivity index is 1.29. The summed E-state index contributed by atoms with van der Waals surface area (Å²) in [6, 6.07) is 8.81. The molecule has 0 saturated carbocycles. The van der Waals surface area contributed by atoms with E-state index in [2.05, 4.69) is 34.9 Å². The molecule has 5 heterocycles. The summed E-state index contributed by atoms with van der Waals surface area (Å²) in [5.74, 6) is 0.679. The summed E-state index contributed by atoms with van der Waals surface area (Å²) in [4.78, 5) is 29.0. The number of hydrogen-bond acceptors (Lipinski definition) is 10. The molecule has 1 saturated heterocycles. The fourth-order valence-corrected chi connectivity index (χ4v) is 7.91. The molecule has 3 aliphatic heterocycles. The number of benzene rings is 1. The number of likely N-dealkylation sites (N-methyl/N-ethyl adjacent to an activating group) is 1. The van der Waals surface area contributed by atoms with Crippen molar-refractivity contribution < 1.29 is 14.3 Å². The Labute approximate surface area is 270 Å². The van der Waals surface area contributed by atoms with E-state index in [0.29, 0.717) is 55.1 Å². The van der Waals surface area contributed by atoms with Crippen LogP contribution in [0.1, 0.15) is 83.2 Å². The molecule has 3 aromatic rings. The Morgan fingerprint density at radius 1 is 1.22 bits per heavy atom. The molecule has 7 rings (SSSR count). The topological polar surface area (TPSA) is 139 Å². The molecule has 1 aliphatic carbocycles. The molecule has 1 spiro atoms. The highest BCUT2D eigenvalue weighted by atomic mass is 16.5. The molecule has 2 aromatic heterocycles. The third-order valence-electron chi connectivity index (χ3n) is 10.3. The molecular weight excluding hydrogens is 582 g/mol. The largest absolute Gasteiger partial charge is 0.459 e. The van der Waals surface area contributed by atoms with E-state index in [9.17, 15) is 10.1 Å². The Bertz CT molecular complexity index is 1710. The predicted octanol–water partition coefficient (Wildman–Crippen LogP) is 3.41. The van der Waals surface area contributed by atoms with E-state index in [-0.39, 0.29) is 12.0 Å². The van der Waals surface area contributed by atoms with Gasteiger partial charge in [0.2, 0.25) is 0 Å². The van der Waals surface area contributed by atoms with E-state index in [1.54, 1.807) is 19.0 Å². The van der Waals surface area contributed by atoms with Crippen LogP contribution < -0.4 is 15.4 Å². The first-order valence-electron chi connectivity index (χ1n) is 16.4. The lowest BCUT2D eigenvalue weighted by molar-refractivity contribution is -0.0857. The van der Waals surface area contributed by atoms with Crippen molar-refractivity contribution in [1.29, 1.82) is 5.26 Å². The maximum Gasteiger partial charge on any atom is 0.318 e. The number of ether oxygens (including phenoxy) is 2. The molecular formula is C34H43N9O3. The van der Waals surface area contributed by atoms with Crippen molar-refractivity contribution in [2.45, 2.75) is 89.3 Å². The number of nitrogens with zero attached hydrogens (tertiary/aromatic N) is 8. The highest BCUT2D eigenvalue weighted by Gasteiger charge is 2.45. The molecule has 2 N–H and O–H groups in total. The first kappa shape index (κ1) is 30.4. The number of hydrogen-bond donors (Lipinski definition) is 1. The minimum Gasteiger partial charge on any atom is -0.459 e. The summed E-state index contributed by atoms with van der Waals surface area (Å²) in [6.45, 7) is 5.48. The number of aromatic nitrogens is 4. The number of amides is 1. The number of aryl methyl sites for hydroxylation is 2. The number of nitriles is 1. The molecule has 1 aromatic carbocycles. The highest BCUT2D eigenvalue weighted by Crippen LogP contribution is 2.48. The van der Waals surface area contributed by atoms with E-state index < -0.39 is 5.60 Å². The number of anilines is 2. The third-order valence-corrected chi connectivity index (χ3v) is 10.3. The molecule has 0 unspecified atom stereocenters. The first-order chi connectivity index (χ1) is 22.2. The lowest BCUT2D eigenvalue weighted by Crippen LogP contribution is -2.42. The second-order valence-electron chi connectivity index (χ2n) is 13.5. The Hall–Kier alpha value is -4.21. The van der Waals surface area contributed by atoms with Crippen molar-refractivity contribution in [3.05, 3.63) is 57.5 Å². The van der Waals surface area contributed by atoms with Crippen molar-refractivity contribution in [1.82, 2.24) is 29.5 Å². The Morgan fingerprint density at radius 3 is 2.83 bits per heavy atom. The highest BCUT2D eigenvalue weighted by molar-refractivity contribution is 5.92. The van der Waals surface area contributed by atoms with Crippen LogP contribution in [-0.4, -0.2) is 81.8 Å². The molecule has 0 radical (unpaired) electrons. The molecule has 3 atom stereocenters. The normalized spacial score (nSPS) is 23.2. The summed E-state index contributed by atoms with van der Waals surface area (Å²) in [5, 5.41) is 14.8. The van der Waals surface area contributed by atoms with Crippen molar-refractivity contribution >= 4 is 17.4 Å². The van der Waals surface area contributed by atoms with Crippen molar-refractivity contribution in [2.24, 2.45) is 0 Å². The number of nitrogens with two attached hydrogens (primary N) is 1. The lowest BCUT2D eigenvalue weighted by atomic mass is 9.72. The number of carbonyl (C=O) groups is 1.